The smallest absolute Gasteiger partial charge is 0.242 e. The molecule has 0 spiro atoms. The number of H-pyrrole nitrogens is 1. The number of nitrogens with zero attached hydrogens (tertiary/aromatic N) is 3. The largest absolute Gasteiger partial charge is 0.479 e. The van der Waals surface area contributed by atoms with E-state index < -0.39 is 5.82 Å². The second kappa shape index (κ2) is 5.25. The molecule has 1 aromatic carbocycles. The average Bonchev–Trinajstić information content (AvgIpc) is 2.80. The van der Waals surface area contributed by atoms with Gasteiger partial charge in [-0.15, -0.1) is 0 Å². The van der Waals surface area contributed by atoms with Crippen LogP contribution in [0.3, 0.4) is 0 Å². The number of nitrogens with one attached hydrogen (secondary N) is 1. The van der Waals surface area contributed by atoms with Crippen molar-refractivity contribution in [1.29, 1.82) is 0 Å². The zero-order valence-corrected chi connectivity index (χ0v) is 12.9. The number of hydrogen-bond acceptors (Lipinski definition) is 4. The number of hydrogen-bond donors (Lipinski definition) is 1. The first-order chi connectivity index (χ1) is 10.0. The maximum absolute atomic E-state index is 13.5. The monoisotopic (exact) mass is 344 g/mol. The molecule has 0 amide bonds. The number of aromatic amines is 1. The minimum atomic E-state index is -0.680. The van der Waals surface area contributed by atoms with E-state index in [9.17, 15) is 4.39 Å². The van der Waals surface area contributed by atoms with Gasteiger partial charge in [0.2, 0.25) is 5.88 Å². The zero-order chi connectivity index (χ0) is 15.1. The highest BCUT2D eigenvalue weighted by molar-refractivity contribution is 7.71. The Bertz CT molecular complexity index is 885. The van der Waals surface area contributed by atoms with Crippen molar-refractivity contribution in [2.24, 2.45) is 0 Å². The van der Waals surface area contributed by atoms with Crippen molar-refractivity contribution in [3.05, 3.63) is 39.1 Å². The molecule has 0 bridgehead atoms. The molecular formula is C12H7Cl2FN4OS. The van der Waals surface area contributed by atoms with Crippen molar-refractivity contribution in [2.45, 2.75) is 0 Å². The molecule has 0 atom stereocenters. The molecule has 21 heavy (non-hydrogen) atoms. The molecule has 0 aliphatic carbocycles. The van der Waals surface area contributed by atoms with Gasteiger partial charge in [-0.05, 0) is 24.4 Å². The summed E-state index contributed by atoms with van der Waals surface area (Å²) in [7, 11) is 1.49. The standard InChI is InChI=1S/C12H7Cl2FN4OS/c1-20-11-9-10(16-4-17-11)19(12(21)18-9)5-2-6(13)8(15)7(14)3-5/h2-4H,1H3,(H,18,21). The van der Waals surface area contributed by atoms with Gasteiger partial charge in [-0.25, -0.2) is 9.37 Å². The van der Waals surface area contributed by atoms with Gasteiger partial charge in [-0.1, -0.05) is 23.2 Å². The Hall–Kier alpha value is -1.70. The Morgan fingerprint density at radius 1 is 1.29 bits per heavy atom. The van der Waals surface area contributed by atoms with Crippen molar-refractivity contribution in [1.82, 2.24) is 19.5 Å². The Balaban J connectivity index is 2.36. The minimum Gasteiger partial charge on any atom is -0.479 e. The zero-order valence-electron chi connectivity index (χ0n) is 10.5. The summed E-state index contributed by atoms with van der Waals surface area (Å²) in [6.45, 7) is 0. The predicted molar refractivity (Wildman–Crippen MR) is 80.6 cm³/mol. The molecule has 0 radical (unpaired) electrons. The van der Waals surface area contributed by atoms with Gasteiger partial charge in [0.1, 0.15) is 11.8 Å². The van der Waals surface area contributed by atoms with Gasteiger partial charge < -0.3 is 9.72 Å². The Labute approximate surface area is 133 Å². The summed E-state index contributed by atoms with van der Waals surface area (Å²) < 4.78 is 20.6. The summed E-state index contributed by atoms with van der Waals surface area (Å²) in [6.07, 6.45) is 1.34. The van der Waals surface area contributed by atoms with Crippen LogP contribution in [-0.4, -0.2) is 26.6 Å². The number of ether oxygens (including phenoxy) is 1. The van der Waals surface area contributed by atoms with Gasteiger partial charge in [0, 0.05) is 0 Å². The van der Waals surface area contributed by atoms with Crippen LogP contribution >= 0.6 is 35.4 Å². The highest BCUT2D eigenvalue weighted by atomic mass is 35.5. The van der Waals surface area contributed by atoms with E-state index in [0.29, 0.717) is 27.5 Å². The number of benzene rings is 1. The first-order valence-corrected chi connectivity index (χ1v) is 6.84. The fraction of sp³-hybridized carbons (Fsp3) is 0.0833. The predicted octanol–water partition coefficient (Wildman–Crippen LogP) is 3.93. The summed E-state index contributed by atoms with van der Waals surface area (Å²) >= 11 is 16.9. The van der Waals surface area contributed by atoms with E-state index >= 15 is 0 Å². The van der Waals surface area contributed by atoms with Crippen LogP contribution in [0.4, 0.5) is 4.39 Å². The van der Waals surface area contributed by atoms with Crippen molar-refractivity contribution in [2.75, 3.05) is 7.11 Å². The maximum atomic E-state index is 13.5. The molecule has 2 aromatic heterocycles. The van der Waals surface area contributed by atoms with Crippen LogP contribution in [0, 0.1) is 10.6 Å². The van der Waals surface area contributed by atoms with E-state index in [4.69, 9.17) is 40.2 Å². The Kier molecular flexibility index (Phi) is 3.56. The third-order valence-corrected chi connectivity index (χ3v) is 3.69. The molecule has 0 unspecified atom stereocenters. The number of methoxy groups -OCH3 is 1. The van der Waals surface area contributed by atoms with Gasteiger partial charge in [0.25, 0.3) is 0 Å². The van der Waals surface area contributed by atoms with Gasteiger partial charge in [-0.3, -0.25) is 4.57 Å². The summed E-state index contributed by atoms with van der Waals surface area (Å²) in [5.74, 6) is -0.329. The van der Waals surface area contributed by atoms with Crippen molar-refractivity contribution >= 4 is 46.6 Å². The quantitative estimate of drug-likeness (QED) is 0.565. The highest BCUT2D eigenvalue weighted by Crippen LogP contribution is 2.29. The summed E-state index contributed by atoms with van der Waals surface area (Å²) in [5, 5.41) is -0.204. The fourth-order valence-electron chi connectivity index (χ4n) is 1.96. The SMILES string of the molecule is COc1ncnc2c1[nH]c(=S)n2-c1cc(Cl)c(F)c(Cl)c1. The average molecular weight is 345 g/mol. The first-order valence-electron chi connectivity index (χ1n) is 5.67. The van der Waals surface area contributed by atoms with Crippen molar-refractivity contribution in [3.8, 4) is 11.6 Å². The molecule has 0 fully saturated rings. The Morgan fingerprint density at radius 3 is 2.57 bits per heavy atom. The molecule has 3 aromatic rings. The number of halogens is 3. The molecule has 9 heteroatoms. The normalized spacial score (nSPS) is 11.0. The van der Waals surface area contributed by atoms with E-state index in [1.165, 1.54) is 25.6 Å². The van der Waals surface area contributed by atoms with Crippen LogP contribution < -0.4 is 4.74 Å². The molecule has 108 valence electrons. The van der Waals surface area contributed by atoms with Gasteiger partial charge in [0.05, 0.1) is 22.8 Å². The lowest BCUT2D eigenvalue weighted by molar-refractivity contribution is 0.401. The molecule has 0 saturated carbocycles. The van der Waals surface area contributed by atoms with Gasteiger partial charge >= 0.3 is 0 Å². The summed E-state index contributed by atoms with van der Waals surface area (Å²) in [5.41, 5.74) is 1.50. The molecular weight excluding hydrogens is 338 g/mol. The van der Waals surface area contributed by atoms with Crippen LogP contribution in [-0.2, 0) is 0 Å². The van der Waals surface area contributed by atoms with Gasteiger partial charge in [-0.2, -0.15) is 4.98 Å². The summed E-state index contributed by atoms with van der Waals surface area (Å²) in [4.78, 5) is 11.1. The van der Waals surface area contributed by atoms with Crippen LogP contribution in [0.25, 0.3) is 16.9 Å². The first kappa shape index (κ1) is 14.2. The molecule has 0 aliphatic rings. The third-order valence-electron chi connectivity index (χ3n) is 2.86. The second-order valence-electron chi connectivity index (χ2n) is 4.07. The van der Waals surface area contributed by atoms with Crippen LogP contribution in [0.2, 0.25) is 10.0 Å². The summed E-state index contributed by atoms with van der Waals surface area (Å²) in [6, 6.07) is 2.83. The minimum absolute atomic E-state index is 0.102. The number of imidazole rings is 1. The van der Waals surface area contributed by atoms with E-state index in [0.717, 1.165) is 0 Å². The molecule has 1 N–H and O–H groups in total. The van der Waals surface area contributed by atoms with Crippen molar-refractivity contribution < 1.29 is 9.13 Å². The Morgan fingerprint density at radius 2 is 1.95 bits per heavy atom. The topological polar surface area (TPSA) is 55.7 Å². The third kappa shape index (κ3) is 2.27. The van der Waals surface area contributed by atoms with Gasteiger partial charge in [0.15, 0.2) is 16.2 Å². The van der Waals surface area contributed by atoms with E-state index in [1.807, 2.05) is 0 Å². The van der Waals surface area contributed by atoms with Crippen LogP contribution in [0.15, 0.2) is 18.5 Å². The molecule has 2 heterocycles. The van der Waals surface area contributed by atoms with Crippen LogP contribution in [0.5, 0.6) is 5.88 Å². The molecule has 5 nitrogen and oxygen atoms in total. The second-order valence-corrected chi connectivity index (χ2v) is 5.27. The molecule has 0 saturated heterocycles. The van der Waals surface area contributed by atoms with E-state index in [1.54, 1.807) is 4.57 Å². The van der Waals surface area contributed by atoms with Crippen molar-refractivity contribution in [3.63, 3.8) is 0 Å². The maximum Gasteiger partial charge on any atom is 0.242 e. The van der Waals surface area contributed by atoms with E-state index in [-0.39, 0.29) is 10.0 Å². The number of aromatic nitrogens is 4. The highest BCUT2D eigenvalue weighted by Gasteiger charge is 2.15. The number of fused-ring (bicyclic) bond motifs is 1. The number of rotatable bonds is 2. The lowest BCUT2D eigenvalue weighted by atomic mass is 10.3. The fourth-order valence-corrected chi connectivity index (χ4v) is 2.73. The molecule has 3 rings (SSSR count). The van der Waals surface area contributed by atoms with E-state index in [2.05, 4.69) is 15.0 Å². The lowest BCUT2D eigenvalue weighted by Crippen LogP contribution is -1.98. The van der Waals surface area contributed by atoms with Crippen LogP contribution in [0.1, 0.15) is 0 Å². The molecule has 0 aliphatic heterocycles. The lowest BCUT2D eigenvalue weighted by Gasteiger charge is -2.06.